The standard InChI is InChI=1S/C15H20N4O4/c1-8(16)5-10(18-15(20)21-2)12-7-22-11-4-3-9-6-17-19-13(9)14(11)23-12/h3-4,6,8,10,12H,5,7,16H2,1-2H3,(H,17,19)(H,18,20)/t8-,10?,12+/m0/s1. The van der Waals surface area contributed by atoms with Crippen LogP contribution >= 0.6 is 0 Å². The van der Waals surface area contributed by atoms with E-state index in [1.807, 2.05) is 19.1 Å². The van der Waals surface area contributed by atoms with Gasteiger partial charge in [-0.1, -0.05) is 0 Å². The van der Waals surface area contributed by atoms with Gasteiger partial charge in [-0.15, -0.1) is 0 Å². The van der Waals surface area contributed by atoms with Crippen molar-refractivity contribution in [3.8, 4) is 11.5 Å². The van der Waals surface area contributed by atoms with Crippen LogP contribution in [-0.4, -0.2) is 48.2 Å². The summed E-state index contributed by atoms with van der Waals surface area (Å²) in [6.07, 6.45) is 1.36. The van der Waals surface area contributed by atoms with Crippen LogP contribution in [0.2, 0.25) is 0 Å². The Kier molecular flexibility index (Phi) is 4.24. The predicted molar refractivity (Wildman–Crippen MR) is 83.6 cm³/mol. The lowest BCUT2D eigenvalue weighted by atomic mass is 10.0. The maximum Gasteiger partial charge on any atom is 0.407 e. The fraction of sp³-hybridized carbons (Fsp3) is 0.467. The normalized spacial score (nSPS) is 19.2. The van der Waals surface area contributed by atoms with E-state index in [9.17, 15) is 4.79 Å². The van der Waals surface area contributed by atoms with Crippen LogP contribution in [0.4, 0.5) is 4.79 Å². The Morgan fingerprint density at radius 1 is 1.61 bits per heavy atom. The number of fused-ring (bicyclic) bond motifs is 3. The molecule has 2 aromatic rings. The third kappa shape index (κ3) is 3.16. The Morgan fingerprint density at radius 2 is 2.43 bits per heavy atom. The highest BCUT2D eigenvalue weighted by Gasteiger charge is 2.32. The molecule has 0 saturated heterocycles. The van der Waals surface area contributed by atoms with Crippen LogP contribution in [-0.2, 0) is 4.74 Å². The first kappa shape index (κ1) is 15.4. The minimum atomic E-state index is -0.523. The maximum atomic E-state index is 11.6. The first-order valence-electron chi connectivity index (χ1n) is 7.44. The fourth-order valence-corrected chi connectivity index (χ4v) is 2.67. The van der Waals surface area contributed by atoms with Crippen LogP contribution in [0.25, 0.3) is 10.9 Å². The number of benzene rings is 1. The van der Waals surface area contributed by atoms with Crippen molar-refractivity contribution in [1.29, 1.82) is 0 Å². The molecule has 1 aliphatic heterocycles. The molecule has 0 saturated carbocycles. The van der Waals surface area contributed by atoms with E-state index < -0.39 is 6.09 Å². The van der Waals surface area contributed by atoms with Crippen molar-refractivity contribution in [2.75, 3.05) is 13.7 Å². The molecule has 8 nitrogen and oxygen atoms in total. The number of rotatable bonds is 4. The van der Waals surface area contributed by atoms with Crippen molar-refractivity contribution in [1.82, 2.24) is 15.5 Å². The quantitative estimate of drug-likeness (QED) is 0.779. The minimum absolute atomic E-state index is 0.106. The molecule has 1 aromatic carbocycles. The summed E-state index contributed by atoms with van der Waals surface area (Å²) in [4.78, 5) is 11.6. The van der Waals surface area contributed by atoms with Crippen LogP contribution in [0, 0.1) is 0 Å². The van der Waals surface area contributed by atoms with Crippen molar-refractivity contribution in [2.45, 2.75) is 31.5 Å². The van der Waals surface area contributed by atoms with Gasteiger partial charge in [0.05, 0.1) is 19.3 Å². The highest BCUT2D eigenvalue weighted by atomic mass is 16.6. The predicted octanol–water partition coefficient (Wildman–Crippen LogP) is 1.16. The highest BCUT2D eigenvalue weighted by Crippen LogP contribution is 2.38. The van der Waals surface area contributed by atoms with Crippen LogP contribution in [0.1, 0.15) is 13.3 Å². The van der Waals surface area contributed by atoms with E-state index in [1.54, 1.807) is 6.20 Å². The number of carbonyl (C=O) groups excluding carboxylic acids is 1. The van der Waals surface area contributed by atoms with Gasteiger partial charge in [-0.05, 0) is 25.5 Å². The number of aromatic amines is 1. The van der Waals surface area contributed by atoms with Gasteiger partial charge in [0.1, 0.15) is 12.1 Å². The number of hydrogen-bond acceptors (Lipinski definition) is 6. The summed E-state index contributed by atoms with van der Waals surface area (Å²) >= 11 is 0. The Bertz CT molecular complexity index is 700. The van der Waals surface area contributed by atoms with Crippen LogP contribution in [0.5, 0.6) is 11.5 Å². The number of hydrogen-bond donors (Lipinski definition) is 3. The summed E-state index contributed by atoms with van der Waals surface area (Å²) in [5, 5.41) is 10.6. The SMILES string of the molecule is COC(=O)NC(C[C@H](C)N)[C@H]1COc2ccc3cn[nH]c3c2O1. The zero-order chi connectivity index (χ0) is 16.4. The average Bonchev–Trinajstić information content (AvgIpc) is 3.02. The van der Waals surface area contributed by atoms with E-state index in [-0.39, 0.29) is 18.2 Å². The lowest BCUT2D eigenvalue weighted by Crippen LogP contribution is -2.51. The molecule has 1 unspecified atom stereocenters. The van der Waals surface area contributed by atoms with Gasteiger partial charge in [0.25, 0.3) is 0 Å². The van der Waals surface area contributed by atoms with E-state index in [1.165, 1.54) is 7.11 Å². The first-order valence-corrected chi connectivity index (χ1v) is 7.44. The smallest absolute Gasteiger partial charge is 0.407 e. The van der Waals surface area contributed by atoms with Gasteiger partial charge in [-0.2, -0.15) is 5.10 Å². The van der Waals surface area contributed by atoms with Crippen LogP contribution < -0.4 is 20.5 Å². The number of methoxy groups -OCH3 is 1. The summed E-state index contributed by atoms with van der Waals surface area (Å²) < 4.78 is 16.6. The molecule has 3 atom stereocenters. The number of ether oxygens (including phenoxy) is 3. The number of aromatic nitrogens is 2. The molecule has 4 N–H and O–H groups in total. The van der Waals surface area contributed by atoms with Crippen molar-refractivity contribution in [3.05, 3.63) is 18.3 Å². The second-order valence-electron chi connectivity index (χ2n) is 5.65. The molecular formula is C15H20N4O4. The van der Waals surface area contributed by atoms with Crippen molar-refractivity contribution < 1.29 is 19.0 Å². The third-order valence-corrected chi connectivity index (χ3v) is 3.77. The van der Waals surface area contributed by atoms with Gasteiger partial charge < -0.3 is 25.3 Å². The third-order valence-electron chi connectivity index (χ3n) is 3.77. The van der Waals surface area contributed by atoms with Crippen LogP contribution in [0.15, 0.2) is 18.3 Å². The van der Waals surface area contributed by atoms with E-state index in [4.69, 9.17) is 15.2 Å². The summed E-state index contributed by atoms with van der Waals surface area (Å²) in [7, 11) is 1.32. The van der Waals surface area contributed by atoms with Crippen molar-refractivity contribution in [2.24, 2.45) is 5.73 Å². The monoisotopic (exact) mass is 320 g/mol. The van der Waals surface area contributed by atoms with Gasteiger partial charge in [0.2, 0.25) is 0 Å². The van der Waals surface area contributed by atoms with Gasteiger partial charge in [0, 0.05) is 11.4 Å². The Balaban J connectivity index is 1.85. The molecule has 23 heavy (non-hydrogen) atoms. The largest absolute Gasteiger partial charge is 0.486 e. The summed E-state index contributed by atoms with van der Waals surface area (Å²) in [6.45, 7) is 2.19. The van der Waals surface area contributed by atoms with Crippen molar-refractivity contribution >= 4 is 17.0 Å². The number of carbonyl (C=O) groups is 1. The Morgan fingerprint density at radius 3 is 3.17 bits per heavy atom. The lowest BCUT2D eigenvalue weighted by molar-refractivity contribution is 0.0576. The van der Waals surface area contributed by atoms with Crippen LogP contribution in [0.3, 0.4) is 0 Å². The van der Waals surface area contributed by atoms with E-state index >= 15 is 0 Å². The molecule has 1 amide bonds. The van der Waals surface area contributed by atoms with Gasteiger partial charge in [0.15, 0.2) is 17.6 Å². The molecule has 124 valence electrons. The van der Waals surface area contributed by atoms with Gasteiger partial charge >= 0.3 is 6.09 Å². The molecule has 8 heteroatoms. The topological polar surface area (TPSA) is 111 Å². The average molecular weight is 320 g/mol. The van der Waals surface area contributed by atoms with Gasteiger partial charge in [-0.3, -0.25) is 5.10 Å². The van der Waals surface area contributed by atoms with E-state index in [0.29, 0.717) is 24.5 Å². The van der Waals surface area contributed by atoms with E-state index in [2.05, 4.69) is 20.3 Å². The summed E-state index contributed by atoms with van der Waals surface area (Å²) in [5.41, 5.74) is 6.65. The van der Waals surface area contributed by atoms with E-state index in [0.717, 1.165) is 10.9 Å². The number of nitrogens with one attached hydrogen (secondary N) is 2. The maximum absolute atomic E-state index is 11.6. The summed E-state index contributed by atoms with van der Waals surface area (Å²) in [5.74, 6) is 1.24. The minimum Gasteiger partial charge on any atom is -0.486 e. The molecule has 3 rings (SSSR count). The molecule has 0 fully saturated rings. The van der Waals surface area contributed by atoms with Crippen molar-refractivity contribution in [3.63, 3.8) is 0 Å². The number of alkyl carbamates (subject to hydrolysis) is 1. The molecule has 0 radical (unpaired) electrons. The molecule has 0 aliphatic carbocycles. The first-order chi connectivity index (χ1) is 11.1. The summed E-state index contributed by atoms with van der Waals surface area (Å²) in [6, 6.07) is 3.32. The second-order valence-corrected chi connectivity index (χ2v) is 5.65. The molecule has 0 spiro atoms. The molecule has 1 aromatic heterocycles. The van der Waals surface area contributed by atoms with Gasteiger partial charge in [-0.25, -0.2) is 4.79 Å². The molecular weight excluding hydrogens is 300 g/mol. The number of nitrogens with two attached hydrogens (primary N) is 1. The Hall–Kier alpha value is -2.48. The number of nitrogens with zero attached hydrogens (tertiary/aromatic N) is 1. The molecule has 0 bridgehead atoms. The zero-order valence-corrected chi connectivity index (χ0v) is 13.0. The molecule has 2 heterocycles. The number of amides is 1. The number of H-pyrrole nitrogens is 1. The lowest BCUT2D eigenvalue weighted by Gasteiger charge is -2.33. The fourth-order valence-electron chi connectivity index (χ4n) is 2.67. The Labute approximate surface area is 133 Å². The zero-order valence-electron chi connectivity index (χ0n) is 13.0. The molecule has 1 aliphatic rings. The second kappa shape index (κ2) is 6.33. The highest BCUT2D eigenvalue weighted by molar-refractivity contribution is 5.86.